The van der Waals surface area contributed by atoms with Crippen molar-refractivity contribution in [2.75, 3.05) is 0 Å². The highest BCUT2D eigenvalue weighted by molar-refractivity contribution is 6.23. The maximum absolute atomic E-state index is 5.60. The Kier molecular flexibility index (Phi) is 6.55. The van der Waals surface area contributed by atoms with Crippen LogP contribution >= 0.6 is 0 Å². The Morgan fingerprint density at radius 2 is 0.717 bits per heavy atom. The van der Waals surface area contributed by atoms with Crippen LogP contribution in [0.5, 0.6) is 0 Å². The van der Waals surface area contributed by atoms with Crippen molar-refractivity contribution in [2.24, 2.45) is 0 Å². The van der Waals surface area contributed by atoms with Crippen LogP contribution in [-0.2, 0) is 10.8 Å². The molecule has 4 heterocycles. The normalized spacial score (nSPS) is 14.6. The van der Waals surface area contributed by atoms with E-state index in [1.54, 1.807) is 0 Å². The Labute approximate surface area is 347 Å². The van der Waals surface area contributed by atoms with Crippen LogP contribution in [0, 0.1) is 0 Å². The van der Waals surface area contributed by atoms with E-state index in [0.29, 0.717) is 0 Å². The summed E-state index contributed by atoms with van der Waals surface area (Å²) in [5, 5.41) is 8.97. The molecule has 0 radical (unpaired) electrons. The third kappa shape index (κ3) is 4.40. The summed E-state index contributed by atoms with van der Waals surface area (Å²) in [6.07, 6.45) is 3.74. The maximum atomic E-state index is 5.60. The number of fused-ring (bicyclic) bond motifs is 14. The van der Waals surface area contributed by atoms with E-state index in [2.05, 4.69) is 161 Å². The van der Waals surface area contributed by atoms with E-state index >= 15 is 0 Å². The molecule has 0 saturated heterocycles. The van der Waals surface area contributed by atoms with Gasteiger partial charge in [0.1, 0.15) is 0 Å². The molecule has 0 saturated carbocycles. The second kappa shape index (κ2) is 11.7. The molecule has 13 rings (SSSR count). The Morgan fingerprint density at radius 1 is 0.333 bits per heavy atom. The first-order valence-corrected chi connectivity index (χ1v) is 20.9. The molecule has 0 amide bonds. The molecule has 0 unspecified atom stereocenters. The number of nitrogens with zero attached hydrogens (tertiary/aromatic N) is 4. The van der Waals surface area contributed by atoms with Gasteiger partial charge in [0.05, 0.1) is 33.5 Å². The molecule has 282 valence electrons. The predicted molar refractivity (Wildman–Crippen MR) is 249 cm³/mol. The standard InChI is InChI=1S/C56H38N4/c1-55(2)43-15-7-5-13-35(43)37-27-39-41(29-45(37)55)50(48-24-22-34-20-18-32-12-10-26-58-52(32)54(34)60-48)42-30-46-38(36-14-6-8-16-44(36)56(46,3)4)28-40(42)49(39)47-23-21-33-19-17-31-11-9-25-57-51(31)53(33)59-47/h5-30H,1-4H3. The minimum absolute atomic E-state index is 0.198. The van der Waals surface area contributed by atoms with Crippen LogP contribution in [0.3, 0.4) is 0 Å². The van der Waals surface area contributed by atoms with Crippen molar-refractivity contribution in [1.29, 1.82) is 0 Å². The lowest BCUT2D eigenvalue weighted by atomic mass is 9.78. The smallest absolute Gasteiger partial charge is 0.0972 e. The van der Waals surface area contributed by atoms with E-state index in [0.717, 1.165) is 76.9 Å². The van der Waals surface area contributed by atoms with Gasteiger partial charge in [0.15, 0.2) is 0 Å². The van der Waals surface area contributed by atoms with Gasteiger partial charge in [-0.25, -0.2) is 9.97 Å². The Morgan fingerprint density at radius 3 is 1.17 bits per heavy atom. The number of hydrogen-bond donors (Lipinski definition) is 0. The lowest BCUT2D eigenvalue weighted by Crippen LogP contribution is -2.15. The fourth-order valence-electron chi connectivity index (χ4n) is 10.9. The fraction of sp³-hybridized carbons (Fsp3) is 0.107. The summed E-state index contributed by atoms with van der Waals surface area (Å²) in [5.41, 5.74) is 17.9. The Hall–Kier alpha value is -7.30. The van der Waals surface area contributed by atoms with Gasteiger partial charge >= 0.3 is 0 Å². The van der Waals surface area contributed by atoms with E-state index in [-0.39, 0.29) is 10.8 Å². The van der Waals surface area contributed by atoms with E-state index in [4.69, 9.17) is 19.9 Å². The zero-order valence-electron chi connectivity index (χ0n) is 33.8. The Balaban J connectivity index is 1.24. The summed E-state index contributed by atoms with van der Waals surface area (Å²) in [6.45, 7) is 9.47. The molecule has 0 spiro atoms. The molecule has 0 aliphatic heterocycles. The topological polar surface area (TPSA) is 51.6 Å². The second-order valence-electron chi connectivity index (χ2n) is 17.8. The minimum atomic E-state index is -0.198. The predicted octanol–water partition coefficient (Wildman–Crippen LogP) is 14.1. The summed E-state index contributed by atoms with van der Waals surface area (Å²) in [6, 6.07) is 53.5. The SMILES string of the molecule is CC1(C)c2ccccc2-c2cc3c(-c4ccc5ccc6cccnc6c5n4)c4cc5c(cc4c(-c4ccc6ccc7cccnc7c6n4)c3cc21)C(C)(C)c1ccccc1-5. The minimum Gasteiger partial charge on any atom is -0.254 e. The molecule has 11 aromatic rings. The van der Waals surface area contributed by atoms with Crippen LogP contribution in [0.1, 0.15) is 49.9 Å². The quantitative estimate of drug-likeness (QED) is 0.130. The van der Waals surface area contributed by atoms with Crippen LogP contribution in [0.15, 0.2) is 158 Å². The molecule has 0 N–H and O–H groups in total. The first-order valence-electron chi connectivity index (χ1n) is 20.9. The van der Waals surface area contributed by atoms with Crippen molar-refractivity contribution >= 4 is 65.2 Å². The highest BCUT2D eigenvalue weighted by atomic mass is 14.8. The third-order valence-electron chi connectivity index (χ3n) is 13.9. The van der Waals surface area contributed by atoms with Crippen molar-refractivity contribution < 1.29 is 0 Å². The van der Waals surface area contributed by atoms with Crippen LogP contribution in [0.2, 0.25) is 0 Å². The van der Waals surface area contributed by atoms with Gasteiger partial charge in [-0.1, -0.05) is 125 Å². The van der Waals surface area contributed by atoms with Crippen molar-refractivity contribution in [3.05, 3.63) is 180 Å². The molecule has 4 aromatic heterocycles. The Bertz CT molecular complexity index is 3600. The average Bonchev–Trinajstić information content (AvgIpc) is 3.65. The molecule has 0 bridgehead atoms. The molecular formula is C56H38N4. The van der Waals surface area contributed by atoms with Gasteiger partial charge in [-0.15, -0.1) is 0 Å². The van der Waals surface area contributed by atoms with E-state index < -0.39 is 0 Å². The summed E-state index contributed by atoms with van der Waals surface area (Å²) in [5.74, 6) is 0. The van der Waals surface area contributed by atoms with E-state index in [1.807, 2.05) is 24.5 Å². The largest absolute Gasteiger partial charge is 0.254 e. The van der Waals surface area contributed by atoms with Crippen molar-refractivity contribution in [1.82, 2.24) is 19.9 Å². The average molecular weight is 767 g/mol. The van der Waals surface area contributed by atoms with Crippen molar-refractivity contribution in [2.45, 2.75) is 38.5 Å². The van der Waals surface area contributed by atoms with Crippen molar-refractivity contribution in [3.8, 4) is 44.8 Å². The molecule has 0 atom stereocenters. The highest BCUT2D eigenvalue weighted by Gasteiger charge is 2.38. The first kappa shape index (κ1) is 33.6. The molecule has 2 aliphatic carbocycles. The van der Waals surface area contributed by atoms with Crippen LogP contribution in [0.25, 0.3) is 110 Å². The highest BCUT2D eigenvalue weighted by Crippen LogP contribution is 2.56. The molecular weight excluding hydrogens is 729 g/mol. The zero-order valence-corrected chi connectivity index (χ0v) is 33.8. The molecule has 4 heteroatoms. The maximum Gasteiger partial charge on any atom is 0.0972 e. The van der Waals surface area contributed by atoms with Gasteiger partial charge in [-0.2, -0.15) is 0 Å². The fourth-order valence-corrected chi connectivity index (χ4v) is 10.9. The summed E-state index contributed by atoms with van der Waals surface area (Å²) in [4.78, 5) is 20.9. The third-order valence-corrected chi connectivity index (χ3v) is 13.9. The molecule has 2 aliphatic rings. The van der Waals surface area contributed by atoms with Crippen LogP contribution in [0.4, 0.5) is 0 Å². The van der Waals surface area contributed by atoms with Gasteiger partial charge in [-0.3, -0.25) is 9.97 Å². The van der Waals surface area contributed by atoms with Crippen molar-refractivity contribution in [3.63, 3.8) is 0 Å². The number of hydrogen-bond acceptors (Lipinski definition) is 4. The van der Waals surface area contributed by atoms with Crippen LogP contribution < -0.4 is 0 Å². The zero-order chi connectivity index (χ0) is 40.1. The molecule has 4 nitrogen and oxygen atoms in total. The number of pyridine rings is 4. The number of aromatic nitrogens is 4. The van der Waals surface area contributed by atoms with E-state index in [9.17, 15) is 0 Å². The summed E-state index contributed by atoms with van der Waals surface area (Å²) >= 11 is 0. The number of benzene rings is 7. The van der Waals surface area contributed by atoms with Gasteiger partial charge in [0.25, 0.3) is 0 Å². The van der Waals surface area contributed by atoms with Gasteiger partial charge in [0, 0.05) is 55.9 Å². The second-order valence-corrected chi connectivity index (χ2v) is 17.8. The van der Waals surface area contributed by atoms with Crippen LogP contribution in [-0.4, -0.2) is 19.9 Å². The summed E-state index contributed by atoms with van der Waals surface area (Å²) in [7, 11) is 0. The monoisotopic (exact) mass is 766 g/mol. The van der Waals surface area contributed by atoms with Gasteiger partial charge in [-0.05, 0) is 115 Å². The lowest BCUT2D eigenvalue weighted by molar-refractivity contribution is 0.661. The lowest BCUT2D eigenvalue weighted by Gasteiger charge is -2.25. The molecule has 60 heavy (non-hydrogen) atoms. The first-order chi connectivity index (χ1) is 29.3. The van der Waals surface area contributed by atoms with E-state index in [1.165, 1.54) is 55.3 Å². The molecule has 0 fully saturated rings. The van der Waals surface area contributed by atoms with Gasteiger partial charge in [0.2, 0.25) is 0 Å². The summed E-state index contributed by atoms with van der Waals surface area (Å²) < 4.78 is 0. The van der Waals surface area contributed by atoms with Gasteiger partial charge < -0.3 is 0 Å². The number of rotatable bonds is 2. The molecule has 7 aromatic carbocycles.